The lowest BCUT2D eigenvalue weighted by Crippen LogP contribution is -2.40. The molecular formula is C39H33ClN2O9S. The third-order valence-electron chi connectivity index (χ3n) is 8.20. The van der Waals surface area contributed by atoms with Crippen molar-refractivity contribution in [2.24, 2.45) is 4.99 Å². The summed E-state index contributed by atoms with van der Waals surface area (Å²) in [6.45, 7) is 1.87. The van der Waals surface area contributed by atoms with E-state index in [-0.39, 0.29) is 35.1 Å². The standard InChI is InChI=1S/C39H33ClN2O9S/c1-5-50-38(46)32-33(24-11-7-6-8-12-24)41-39-42(34(32)25-14-15-28(47-2)29(20-25)48-3)36(43)31(52-39)19-23-17-27(40)35(30(18-23)49-4)51-21-22-10-9-13-26(16-22)37(44)45/h6-20,34H,5,21H2,1-4H3,(H,44,45)/b31-19+/t34-/m0/s1. The van der Waals surface area contributed by atoms with E-state index in [4.69, 9.17) is 40.3 Å². The zero-order valence-corrected chi connectivity index (χ0v) is 30.1. The summed E-state index contributed by atoms with van der Waals surface area (Å²) in [6, 6.07) is 23.2. The van der Waals surface area contributed by atoms with E-state index in [0.717, 1.165) is 11.3 Å². The third kappa shape index (κ3) is 7.16. The summed E-state index contributed by atoms with van der Waals surface area (Å²) in [5.41, 5.74) is 2.74. The summed E-state index contributed by atoms with van der Waals surface area (Å²) in [6.07, 6.45) is 1.67. The van der Waals surface area contributed by atoms with Gasteiger partial charge in [-0.3, -0.25) is 9.36 Å². The number of rotatable bonds is 12. The number of benzene rings is 4. The molecule has 0 aliphatic carbocycles. The van der Waals surface area contributed by atoms with E-state index in [1.54, 1.807) is 55.5 Å². The number of halogens is 1. The van der Waals surface area contributed by atoms with Crippen LogP contribution in [0.3, 0.4) is 0 Å². The Balaban J connectivity index is 1.49. The maximum absolute atomic E-state index is 14.4. The van der Waals surface area contributed by atoms with Crippen molar-refractivity contribution in [3.63, 3.8) is 0 Å². The predicted octanol–water partition coefficient (Wildman–Crippen LogP) is 5.89. The predicted molar refractivity (Wildman–Crippen MR) is 196 cm³/mol. The number of hydrogen-bond acceptors (Lipinski definition) is 10. The zero-order valence-electron chi connectivity index (χ0n) is 28.5. The second-order valence-corrected chi connectivity index (χ2v) is 12.8. The van der Waals surface area contributed by atoms with E-state index in [0.29, 0.717) is 54.5 Å². The fourth-order valence-electron chi connectivity index (χ4n) is 5.84. The van der Waals surface area contributed by atoms with Crippen molar-refractivity contribution in [3.8, 4) is 23.0 Å². The molecule has 1 atom stereocenters. The minimum Gasteiger partial charge on any atom is -0.493 e. The summed E-state index contributed by atoms with van der Waals surface area (Å²) >= 11 is 7.85. The average Bonchev–Trinajstić information content (AvgIpc) is 3.47. The number of fused-ring (bicyclic) bond motifs is 1. The number of aromatic carboxylic acids is 1. The lowest BCUT2D eigenvalue weighted by atomic mass is 9.93. The van der Waals surface area contributed by atoms with Crippen molar-refractivity contribution in [1.29, 1.82) is 0 Å². The topological polar surface area (TPSA) is 135 Å². The van der Waals surface area contributed by atoms with Gasteiger partial charge in [-0.2, -0.15) is 0 Å². The molecule has 0 saturated heterocycles. The normalized spacial score (nSPS) is 13.9. The second kappa shape index (κ2) is 15.6. The van der Waals surface area contributed by atoms with Gasteiger partial charge in [0.1, 0.15) is 6.61 Å². The van der Waals surface area contributed by atoms with Crippen LogP contribution in [0.5, 0.6) is 23.0 Å². The van der Waals surface area contributed by atoms with Crippen molar-refractivity contribution in [2.75, 3.05) is 27.9 Å². The van der Waals surface area contributed by atoms with Crippen molar-refractivity contribution in [1.82, 2.24) is 4.57 Å². The van der Waals surface area contributed by atoms with Gasteiger partial charge in [-0.25, -0.2) is 14.6 Å². The number of carboxylic acid groups (broad SMARTS) is 1. The van der Waals surface area contributed by atoms with Gasteiger partial charge in [-0.15, -0.1) is 0 Å². The number of esters is 1. The van der Waals surface area contributed by atoms with E-state index in [1.165, 1.54) is 38.0 Å². The number of thiazole rings is 1. The Morgan fingerprint density at radius 1 is 0.923 bits per heavy atom. The number of hydrogen-bond donors (Lipinski definition) is 1. The van der Waals surface area contributed by atoms with E-state index >= 15 is 0 Å². The monoisotopic (exact) mass is 740 g/mol. The SMILES string of the molecule is CCOC(=O)C1=C(c2ccccc2)N=c2s/c(=C/c3cc(Cl)c(OCc4cccc(C(=O)O)c4)c(OC)c3)c(=O)n2[C@H]1c1ccc(OC)c(OC)c1. The highest BCUT2D eigenvalue weighted by molar-refractivity contribution is 7.07. The van der Waals surface area contributed by atoms with Crippen molar-refractivity contribution in [3.05, 3.63) is 143 Å². The third-order valence-corrected chi connectivity index (χ3v) is 9.47. The first kappa shape index (κ1) is 36.0. The Kier molecular flexibility index (Phi) is 10.8. The highest BCUT2D eigenvalue weighted by atomic mass is 35.5. The van der Waals surface area contributed by atoms with Crippen LogP contribution < -0.4 is 33.8 Å². The molecule has 6 rings (SSSR count). The van der Waals surface area contributed by atoms with Crippen LogP contribution in [-0.4, -0.2) is 49.5 Å². The molecule has 266 valence electrons. The van der Waals surface area contributed by atoms with Crippen molar-refractivity contribution < 1.29 is 38.4 Å². The van der Waals surface area contributed by atoms with Gasteiger partial charge in [-0.05, 0) is 66.1 Å². The number of methoxy groups -OCH3 is 3. The van der Waals surface area contributed by atoms with Gasteiger partial charge in [0.25, 0.3) is 5.56 Å². The van der Waals surface area contributed by atoms with Gasteiger partial charge >= 0.3 is 11.9 Å². The first-order valence-corrected chi connectivity index (χ1v) is 17.2. The minimum absolute atomic E-state index is 0.0395. The summed E-state index contributed by atoms with van der Waals surface area (Å²) < 4.78 is 30.0. The Morgan fingerprint density at radius 2 is 1.67 bits per heavy atom. The van der Waals surface area contributed by atoms with Crippen molar-refractivity contribution >= 4 is 46.6 Å². The van der Waals surface area contributed by atoms with Crippen LogP contribution in [0.15, 0.2) is 100 Å². The number of nitrogens with zero attached hydrogens (tertiary/aromatic N) is 2. The van der Waals surface area contributed by atoms with Crippen molar-refractivity contribution in [2.45, 2.75) is 19.6 Å². The average molecular weight is 741 g/mol. The fraction of sp³-hybridized carbons (Fsp3) is 0.179. The van der Waals surface area contributed by atoms with Crippen LogP contribution >= 0.6 is 22.9 Å². The van der Waals surface area contributed by atoms with E-state index in [2.05, 4.69) is 0 Å². The molecule has 52 heavy (non-hydrogen) atoms. The molecule has 0 amide bonds. The molecule has 1 N–H and O–H groups in total. The Hall–Kier alpha value is -5.85. The largest absolute Gasteiger partial charge is 0.493 e. The Labute approximate surface area is 307 Å². The molecule has 5 aromatic rings. The molecule has 13 heteroatoms. The van der Waals surface area contributed by atoms with E-state index in [1.807, 2.05) is 30.3 Å². The van der Waals surface area contributed by atoms with Gasteiger partial charge in [-0.1, -0.05) is 71.5 Å². The van der Waals surface area contributed by atoms with Crippen LogP contribution in [0, 0.1) is 0 Å². The number of carbonyl (C=O) groups is 2. The van der Waals surface area contributed by atoms with Crippen LogP contribution in [-0.2, 0) is 16.1 Å². The summed E-state index contributed by atoms with van der Waals surface area (Å²) in [5.74, 6) is -0.196. The van der Waals surface area contributed by atoms with Crippen LogP contribution in [0.4, 0.5) is 0 Å². The van der Waals surface area contributed by atoms with Crippen LogP contribution in [0.25, 0.3) is 11.8 Å². The van der Waals surface area contributed by atoms with Gasteiger partial charge in [0.15, 0.2) is 27.8 Å². The van der Waals surface area contributed by atoms with Gasteiger partial charge < -0.3 is 28.8 Å². The smallest absolute Gasteiger partial charge is 0.338 e. The summed E-state index contributed by atoms with van der Waals surface area (Å²) in [7, 11) is 4.50. The molecule has 11 nitrogen and oxygen atoms in total. The lowest BCUT2D eigenvalue weighted by molar-refractivity contribution is -0.138. The maximum Gasteiger partial charge on any atom is 0.338 e. The van der Waals surface area contributed by atoms with Gasteiger partial charge in [0.05, 0.1) is 60.4 Å². The molecule has 0 fully saturated rings. The highest BCUT2D eigenvalue weighted by Crippen LogP contribution is 2.39. The van der Waals surface area contributed by atoms with Crippen LogP contribution in [0.1, 0.15) is 45.6 Å². The molecule has 0 spiro atoms. The quantitative estimate of drug-likeness (QED) is 0.155. The zero-order chi connectivity index (χ0) is 36.9. The Morgan fingerprint density at radius 3 is 2.37 bits per heavy atom. The Bertz CT molecular complexity index is 2390. The van der Waals surface area contributed by atoms with Crippen LogP contribution in [0.2, 0.25) is 5.02 Å². The lowest BCUT2D eigenvalue weighted by Gasteiger charge is -2.26. The molecule has 1 aromatic heterocycles. The molecule has 4 aromatic carbocycles. The second-order valence-electron chi connectivity index (χ2n) is 11.4. The number of carboxylic acids is 1. The molecule has 0 radical (unpaired) electrons. The highest BCUT2D eigenvalue weighted by Gasteiger charge is 2.35. The molecule has 0 saturated carbocycles. The molecule has 1 aliphatic heterocycles. The first-order valence-electron chi connectivity index (χ1n) is 16.0. The molecule has 0 unspecified atom stereocenters. The molecular weight excluding hydrogens is 708 g/mol. The minimum atomic E-state index is -1.05. The molecule has 0 bridgehead atoms. The number of carbonyl (C=O) groups excluding carboxylic acids is 1. The summed E-state index contributed by atoms with van der Waals surface area (Å²) in [4.78, 5) is 44.9. The first-order chi connectivity index (χ1) is 25.2. The van der Waals surface area contributed by atoms with Gasteiger partial charge in [0.2, 0.25) is 0 Å². The van der Waals surface area contributed by atoms with Gasteiger partial charge in [0, 0.05) is 5.56 Å². The maximum atomic E-state index is 14.4. The van der Waals surface area contributed by atoms with E-state index < -0.39 is 23.5 Å². The molecule has 2 heterocycles. The fourth-order valence-corrected chi connectivity index (χ4v) is 7.12. The number of ether oxygens (including phenoxy) is 5. The molecule has 1 aliphatic rings. The summed E-state index contributed by atoms with van der Waals surface area (Å²) in [5, 5.41) is 9.55. The number of aromatic nitrogens is 1. The van der Waals surface area contributed by atoms with E-state index in [9.17, 15) is 19.5 Å².